The minimum atomic E-state index is -0.451. The molecule has 0 saturated carbocycles. The van der Waals surface area contributed by atoms with Gasteiger partial charge in [-0.15, -0.1) is 5.10 Å². The van der Waals surface area contributed by atoms with Crippen LogP contribution in [-0.4, -0.2) is 24.6 Å². The van der Waals surface area contributed by atoms with Gasteiger partial charge in [-0.3, -0.25) is 4.68 Å². The van der Waals surface area contributed by atoms with E-state index in [9.17, 15) is 0 Å². The first-order valence-electron chi connectivity index (χ1n) is 8.25. The van der Waals surface area contributed by atoms with Gasteiger partial charge in [-0.2, -0.15) is 5.10 Å². The largest absolute Gasteiger partial charge is 0.320 e. The molecule has 1 unspecified atom stereocenters. The third kappa shape index (κ3) is 2.34. The van der Waals surface area contributed by atoms with E-state index in [1.54, 1.807) is 0 Å². The van der Waals surface area contributed by atoms with Gasteiger partial charge in [-0.05, 0) is 37.8 Å². The summed E-state index contributed by atoms with van der Waals surface area (Å²) in [6.45, 7) is 5.09. The highest BCUT2D eigenvalue weighted by molar-refractivity contribution is 5.58. The van der Waals surface area contributed by atoms with E-state index in [0.29, 0.717) is 0 Å². The van der Waals surface area contributed by atoms with Gasteiger partial charge >= 0.3 is 0 Å². The summed E-state index contributed by atoms with van der Waals surface area (Å²) < 4.78 is 3.87. The Bertz CT molecular complexity index is 861. The lowest BCUT2D eigenvalue weighted by atomic mass is 9.79. The van der Waals surface area contributed by atoms with Gasteiger partial charge in [0, 0.05) is 24.7 Å². The summed E-state index contributed by atoms with van der Waals surface area (Å²) in [5, 5.41) is 13.3. The van der Waals surface area contributed by atoms with Crippen LogP contribution in [0.4, 0.5) is 0 Å². The number of pyridine rings is 1. The number of nitrogens with two attached hydrogens (primary N) is 1. The standard InChI is InChI=1S/C17H22N6/c1-3-8-22-11-16(19-21-22)17(18)7-6-14-13(9-17)15-5-4-12(2)10-23(15)20-14/h4-5,10-11H,3,6-9,18H2,1-2H3. The van der Waals surface area contributed by atoms with Crippen molar-refractivity contribution in [2.75, 3.05) is 0 Å². The summed E-state index contributed by atoms with van der Waals surface area (Å²) in [6, 6.07) is 4.27. The maximum atomic E-state index is 6.73. The van der Waals surface area contributed by atoms with E-state index in [1.807, 2.05) is 15.4 Å². The molecule has 0 amide bonds. The van der Waals surface area contributed by atoms with Crippen LogP contribution in [0.2, 0.25) is 0 Å². The Balaban J connectivity index is 1.72. The summed E-state index contributed by atoms with van der Waals surface area (Å²) in [6.07, 6.45) is 7.62. The molecule has 6 heteroatoms. The normalized spacial score (nSPS) is 20.8. The van der Waals surface area contributed by atoms with Crippen LogP contribution in [0.1, 0.15) is 42.3 Å². The Morgan fingerprint density at radius 3 is 3.00 bits per heavy atom. The van der Waals surface area contributed by atoms with Gasteiger partial charge in [0.05, 0.1) is 22.9 Å². The molecule has 6 nitrogen and oxygen atoms in total. The number of aromatic nitrogens is 5. The molecule has 1 aliphatic carbocycles. The van der Waals surface area contributed by atoms with Gasteiger partial charge in [0.25, 0.3) is 0 Å². The summed E-state index contributed by atoms with van der Waals surface area (Å²) in [4.78, 5) is 0. The van der Waals surface area contributed by atoms with Crippen molar-refractivity contribution in [3.05, 3.63) is 47.0 Å². The molecule has 0 saturated heterocycles. The lowest BCUT2D eigenvalue weighted by Crippen LogP contribution is -2.42. The highest BCUT2D eigenvalue weighted by Crippen LogP contribution is 2.35. The smallest absolute Gasteiger partial charge is 0.103 e. The molecule has 0 aromatic carbocycles. The Kier molecular flexibility index (Phi) is 3.23. The number of hydrogen-bond donors (Lipinski definition) is 1. The first-order chi connectivity index (χ1) is 11.1. The fraction of sp³-hybridized carbons (Fsp3) is 0.471. The van der Waals surface area contributed by atoms with Gasteiger partial charge in [-0.25, -0.2) is 4.52 Å². The van der Waals surface area contributed by atoms with E-state index in [0.717, 1.165) is 49.1 Å². The first-order valence-corrected chi connectivity index (χ1v) is 8.25. The topological polar surface area (TPSA) is 74.0 Å². The second-order valence-corrected chi connectivity index (χ2v) is 6.66. The zero-order chi connectivity index (χ0) is 16.0. The van der Waals surface area contributed by atoms with Crippen LogP contribution in [0.5, 0.6) is 0 Å². The van der Waals surface area contributed by atoms with Gasteiger partial charge in [-0.1, -0.05) is 18.2 Å². The van der Waals surface area contributed by atoms with Crippen molar-refractivity contribution >= 4 is 5.52 Å². The lowest BCUT2D eigenvalue weighted by Gasteiger charge is -2.30. The van der Waals surface area contributed by atoms with Crippen LogP contribution in [0.3, 0.4) is 0 Å². The Morgan fingerprint density at radius 2 is 2.17 bits per heavy atom. The summed E-state index contributed by atoms with van der Waals surface area (Å²) in [5.41, 5.74) is 12.0. The summed E-state index contributed by atoms with van der Waals surface area (Å²) in [5.74, 6) is 0. The quantitative estimate of drug-likeness (QED) is 0.803. The van der Waals surface area contributed by atoms with E-state index < -0.39 is 5.54 Å². The molecule has 0 bridgehead atoms. The average molecular weight is 310 g/mol. The Labute approximate surface area is 135 Å². The zero-order valence-corrected chi connectivity index (χ0v) is 13.7. The second kappa shape index (κ2) is 5.16. The molecule has 3 heterocycles. The van der Waals surface area contributed by atoms with Gasteiger partial charge < -0.3 is 5.73 Å². The SMILES string of the molecule is CCCn1cc(C2(N)CCc3nn4cc(C)ccc4c3C2)nn1. The molecule has 23 heavy (non-hydrogen) atoms. The Hall–Kier alpha value is -2.21. The number of nitrogens with zero attached hydrogens (tertiary/aromatic N) is 5. The summed E-state index contributed by atoms with van der Waals surface area (Å²) in [7, 11) is 0. The molecule has 3 aromatic rings. The van der Waals surface area contributed by atoms with Crippen LogP contribution in [-0.2, 0) is 24.9 Å². The summed E-state index contributed by atoms with van der Waals surface area (Å²) >= 11 is 0. The molecule has 0 radical (unpaired) electrons. The molecule has 2 N–H and O–H groups in total. The third-order valence-corrected chi connectivity index (χ3v) is 4.76. The molecule has 3 aromatic heterocycles. The predicted octanol–water partition coefficient (Wildman–Crippen LogP) is 1.99. The molecule has 4 rings (SSSR count). The van der Waals surface area contributed by atoms with Crippen molar-refractivity contribution in [1.82, 2.24) is 24.6 Å². The average Bonchev–Trinajstić information content (AvgIpc) is 3.12. The fourth-order valence-corrected chi connectivity index (χ4v) is 3.47. The third-order valence-electron chi connectivity index (χ3n) is 4.76. The predicted molar refractivity (Wildman–Crippen MR) is 88.1 cm³/mol. The van der Waals surface area contributed by atoms with Crippen LogP contribution in [0.25, 0.3) is 5.52 Å². The van der Waals surface area contributed by atoms with Crippen LogP contribution in [0.15, 0.2) is 24.5 Å². The number of fused-ring (bicyclic) bond motifs is 3. The fourth-order valence-electron chi connectivity index (χ4n) is 3.47. The van der Waals surface area contributed by atoms with Gasteiger partial charge in [0.2, 0.25) is 0 Å². The van der Waals surface area contributed by atoms with Gasteiger partial charge in [0.1, 0.15) is 5.69 Å². The molecular weight excluding hydrogens is 288 g/mol. The highest BCUT2D eigenvalue weighted by atomic mass is 15.4. The molecule has 1 aliphatic rings. The molecule has 1 atom stereocenters. The van der Waals surface area contributed by atoms with Crippen molar-refractivity contribution in [3.8, 4) is 0 Å². The van der Waals surface area contributed by atoms with E-state index in [4.69, 9.17) is 10.8 Å². The molecule has 0 fully saturated rings. The van der Waals surface area contributed by atoms with E-state index in [-0.39, 0.29) is 0 Å². The van der Waals surface area contributed by atoms with Crippen molar-refractivity contribution in [2.45, 2.75) is 51.6 Å². The minimum absolute atomic E-state index is 0.451. The zero-order valence-electron chi connectivity index (χ0n) is 13.7. The Morgan fingerprint density at radius 1 is 1.30 bits per heavy atom. The highest BCUT2D eigenvalue weighted by Gasteiger charge is 2.37. The van der Waals surface area contributed by atoms with Crippen molar-refractivity contribution in [3.63, 3.8) is 0 Å². The number of rotatable bonds is 3. The lowest BCUT2D eigenvalue weighted by molar-refractivity contribution is 0.373. The van der Waals surface area contributed by atoms with Crippen LogP contribution < -0.4 is 5.73 Å². The maximum absolute atomic E-state index is 6.73. The minimum Gasteiger partial charge on any atom is -0.320 e. The van der Waals surface area contributed by atoms with Crippen molar-refractivity contribution in [2.24, 2.45) is 5.73 Å². The molecule has 0 spiro atoms. The monoisotopic (exact) mass is 310 g/mol. The van der Waals surface area contributed by atoms with Crippen molar-refractivity contribution in [1.29, 1.82) is 0 Å². The molecule has 120 valence electrons. The maximum Gasteiger partial charge on any atom is 0.103 e. The second-order valence-electron chi connectivity index (χ2n) is 6.66. The molecular formula is C17H22N6. The first kappa shape index (κ1) is 14.4. The number of hydrogen-bond acceptors (Lipinski definition) is 4. The van der Waals surface area contributed by atoms with Crippen LogP contribution >= 0.6 is 0 Å². The van der Waals surface area contributed by atoms with E-state index in [2.05, 4.69) is 42.5 Å². The van der Waals surface area contributed by atoms with E-state index >= 15 is 0 Å². The van der Waals surface area contributed by atoms with E-state index in [1.165, 1.54) is 11.1 Å². The molecule has 0 aliphatic heterocycles. The number of aryl methyl sites for hydroxylation is 3. The van der Waals surface area contributed by atoms with Crippen molar-refractivity contribution < 1.29 is 0 Å². The van der Waals surface area contributed by atoms with Gasteiger partial charge in [0.15, 0.2) is 0 Å². The van der Waals surface area contributed by atoms with Crippen LogP contribution in [0, 0.1) is 6.92 Å².